The van der Waals surface area contributed by atoms with Crippen molar-refractivity contribution in [2.75, 3.05) is 18.5 Å². The first-order valence-electron chi connectivity index (χ1n) is 9.35. The molecular weight excluding hydrogens is 336 g/mol. The van der Waals surface area contributed by atoms with Gasteiger partial charge in [0.1, 0.15) is 0 Å². The van der Waals surface area contributed by atoms with E-state index in [9.17, 15) is 0 Å². The molecule has 0 heterocycles. The van der Waals surface area contributed by atoms with Gasteiger partial charge in [-0.05, 0) is 38.5 Å². The molecule has 0 aromatic heterocycles. The zero-order valence-electron chi connectivity index (χ0n) is 14.7. The summed E-state index contributed by atoms with van der Waals surface area (Å²) in [6.07, 6.45) is 25.0. The second kappa shape index (κ2) is 20.9. The Hall–Kier alpha value is -0.0800. The summed E-state index contributed by atoms with van der Waals surface area (Å²) in [5.74, 6) is 0. The zero-order valence-corrected chi connectivity index (χ0v) is 16.3. The first-order chi connectivity index (χ1) is 10.9. The van der Waals surface area contributed by atoms with Crippen LogP contribution in [0.2, 0.25) is 0 Å². The lowest BCUT2D eigenvalue weighted by Gasteiger charge is -2.02. The van der Waals surface area contributed by atoms with Crippen molar-refractivity contribution in [2.24, 2.45) is 0 Å². The quantitative estimate of drug-likeness (QED) is 0.149. The molecule has 0 rings (SSSR count). The summed E-state index contributed by atoms with van der Waals surface area (Å²) < 4.78 is 5.44. The average Bonchev–Trinajstić information content (AvgIpc) is 2.54. The van der Waals surface area contributed by atoms with Crippen LogP contribution < -0.4 is 0 Å². The van der Waals surface area contributed by atoms with Gasteiger partial charge < -0.3 is 4.74 Å². The largest absolute Gasteiger partial charge is 0.381 e. The van der Waals surface area contributed by atoms with Crippen LogP contribution in [0.5, 0.6) is 0 Å². The molecule has 130 valence electrons. The Morgan fingerprint density at radius 1 is 0.682 bits per heavy atom. The van der Waals surface area contributed by atoms with Gasteiger partial charge in [0.15, 0.2) is 0 Å². The van der Waals surface area contributed by atoms with Gasteiger partial charge in [0, 0.05) is 11.9 Å². The van der Waals surface area contributed by atoms with Crippen LogP contribution >= 0.6 is 15.9 Å². The zero-order chi connectivity index (χ0) is 16.1. The third kappa shape index (κ3) is 19.9. The van der Waals surface area contributed by atoms with Crippen LogP contribution in [-0.4, -0.2) is 18.5 Å². The molecule has 0 aliphatic rings. The number of alkyl halides is 1. The minimum atomic E-state index is 0.847. The predicted octanol–water partition coefficient (Wildman–Crippen LogP) is 7.21. The molecular formula is C20H37BrO. The highest BCUT2D eigenvalue weighted by Crippen LogP contribution is 2.08. The van der Waals surface area contributed by atoms with Crippen LogP contribution in [0.3, 0.4) is 0 Å². The normalized spacial score (nSPS) is 11.9. The van der Waals surface area contributed by atoms with Crippen LogP contribution in [0.4, 0.5) is 0 Å². The lowest BCUT2D eigenvalue weighted by molar-refractivity contribution is 0.146. The molecule has 0 radical (unpaired) electrons. The van der Waals surface area contributed by atoms with Gasteiger partial charge in [0.2, 0.25) is 0 Å². The van der Waals surface area contributed by atoms with E-state index in [0.29, 0.717) is 0 Å². The Morgan fingerprint density at radius 2 is 1.27 bits per heavy atom. The SMILES string of the molecule is CCCCC/C=C\C/C=C\CCCCCCCCOCCBr. The van der Waals surface area contributed by atoms with Crippen molar-refractivity contribution in [3.05, 3.63) is 24.3 Å². The molecule has 0 aromatic rings. The van der Waals surface area contributed by atoms with E-state index < -0.39 is 0 Å². The number of unbranched alkanes of at least 4 members (excludes halogenated alkanes) is 9. The van der Waals surface area contributed by atoms with E-state index in [-0.39, 0.29) is 0 Å². The summed E-state index contributed by atoms with van der Waals surface area (Å²) in [4.78, 5) is 0. The monoisotopic (exact) mass is 372 g/mol. The van der Waals surface area contributed by atoms with Crippen LogP contribution in [-0.2, 0) is 4.74 Å². The summed E-state index contributed by atoms with van der Waals surface area (Å²) >= 11 is 3.37. The molecule has 0 saturated carbocycles. The lowest BCUT2D eigenvalue weighted by atomic mass is 10.1. The molecule has 0 saturated heterocycles. The van der Waals surface area contributed by atoms with Crippen LogP contribution in [0.1, 0.15) is 84.0 Å². The van der Waals surface area contributed by atoms with Crippen LogP contribution in [0, 0.1) is 0 Å². The van der Waals surface area contributed by atoms with Gasteiger partial charge in [-0.1, -0.05) is 85.7 Å². The highest BCUT2D eigenvalue weighted by atomic mass is 79.9. The fraction of sp³-hybridized carbons (Fsp3) is 0.800. The molecule has 0 bridgehead atoms. The van der Waals surface area contributed by atoms with Crippen molar-refractivity contribution in [3.8, 4) is 0 Å². The second-order valence-corrected chi connectivity index (χ2v) is 6.68. The maximum absolute atomic E-state index is 5.44. The molecule has 1 nitrogen and oxygen atoms in total. The molecule has 0 aromatic carbocycles. The van der Waals surface area contributed by atoms with Crippen LogP contribution in [0.15, 0.2) is 24.3 Å². The Morgan fingerprint density at radius 3 is 1.91 bits per heavy atom. The summed E-state index contributed by atoms with van der Waals surface area (Å²) in [6.45, 7) is 4.04. The summed E-state index contributed by atoms with van der Waals surface area (Å²) in [5.41, 5.74) is 0. The van der Waals surface area contributed by atoms with E-state index in [0.717, 1.165) is 25.0 Å². The third-order valence-corrected chi connectivity index (χ3v) is 4.03. The van der Waals surface area contributed by atoms with Gasteiger partial charge in [0.25, 0.3) is 0 Å². The summed E-state index contributed by atoms with van der Waals surface area (Å²) in [7, 11) is 0. The van der Waals surface area contributed by atoms with E-state index >= 15 is 0 Å². The van der Waals surface area contributed by atoms with Gasteiger partial charge in [-0.15, -0.1) is 0 Å². The van der Waals surface area contributed by atoms with Gasteiger partial charge in [-0.3, -0.25) is 0 Å². The van der Waals surface area contributed by atoms with Crippen molar-refractivity contribution in [3.63, 3.8) is 0 Å². The maximum Gasteiger partial charge on any atom is 0.0563 e. The summed E-state index contributed by atoms with van der Waals surface area (Å²) in [6, 6.07) is 0. The Balaban J connectivity index is 3.11. The van der Waals surface area contributed by atoms with E-state index in [2.05, 4.69) is 47.2 Å². The van der Waals surface area contributed by atoms with E-state index in [1.807, 2.05) is 0 Å². The van der Waals surface area contributed by atoms with Crippen molar-refractivity contribution >= 4 is 15.9 Å². The fourth-order valence-corrected chi connectivity index (χ4v) is 2.58. The van der Waals surface area contributed by atoms with Gasteiger partial charge in [0.05, 0.1) is 6.61 Å². The number of hydrogen-bond donors (Lipinski definition) is 0. The minimum absolute atomic E-state index is 0.847. The standard InChI is InChI=1S/C20H37BrO/c1-2-3-4-5-6-7-8-9-10-11-12-13-14-15-16-17-19-22-20-18-21/h6-7,9-10H,2-5,8,11-20H2,1H3/b7-6-,10-9-. The Bertz CT molecular complexity index is 248. The van der Waals surface area contributed by atoms with E-state index in [4.69, 9.17) is 4.74 Å². The number of ether oxygens (including phenoxy) is 1. The average molecular weight is 373 g/mol. The van der Waals surface area contributed by atoms with Crippen molar-refractivity contribution in [2.45, 2.75) is 84.0 Å². The van der Waals surface area contributed by atoms with E-state index in [1.54, 1.807) is 0 Å². The van der Waals surface area contributed by atoms with Crippen molar-refractivity contribution in [1.82, 2.24) is 0 Å². The molecule has 0 N–H and O–H groups in total. The number of allylic oxidation sites excluding steroid dienone is 4. The number of hydrogen-bond acceptors (Lipinski definition) is 1. The highest BCUT2D eigenvalue weighted by molar-refractivity contribution is 9.09. The smallest absolute Gasteiger partial charge is 0.0563 e. The van der Waals surface area contributed by atoms with E-state index in [1.165, 1.54) is 70.6 Å². The second-order valence-electron chi connectivity index (χ2n) is 5.89. The highest BCUT2D eigenvalue weighted by Gasteiger charge is 1.91. The molecule has 0 fully saturated rings. The maximum atomic E-state index is 5.44. The third-order valence-electron chi connectivity index (χ3n) is 3.71. The molecule has 2 heteroatoms. The molecule has 0 unspecified atom stereocenters. The Kier molecular flexibility index (Phi) is 20.8. The van der Waals surface area contributed by atoms with Gasteiger partial charge in [-0.25, -0.2) is 0 Å². The van der Waals surface area contributed by atoms with Gasteiger partial charge in [-0.2, -0.15) is 0 Å². The van der Waals surface area contributed by atoms with Gasteiger partial charge >= 0.3 is 0 Å². The molecule has 0 amide bonds. The summed E-state index contributed by atoms with van der Waals surface area (Å²) in [5, 5.41) is 0.954. The molecule has 0 spiro atoms. The Labute approximate surface area is 147 Å². The molecule has 0 aliphatic carbocycles. The topological polar surface area (TPSA) is 9.23 Å². The predicted molar refractivity (Wildman–Crippen MR) is 104 cm³/mol. The molecule has 22 heavy (non-hydrogen) atoms. The minimum Gasteiger partial charge on any atom is -0.381 e. The molecule has 0 aliphatic heterocycles. The fourth-order valence-electron chi connectivity index (χ4n) is 2.35. The first kappa shape index (κ1) is 21.9. The number of halogens is 1. The number of rotatable bonds is 17. The molecule has 0 atom stereocenters. The lowest BCUT2D eigenvalue weighted by Crippen LogP contribution is -1.97. The first-order valence-corrected chi connectivity index (χ1v) is 10.5. The van der Waals surface area contributed by atoms with Crippen LogP contribution in [0.25, 0.3) is 0 Å². The van der Waals surface area contributed by atoms with Crippen molar-refractivity contribution in [1.29, 1.82) is 0 Å². The van der Waals surface area contributed by atoms with Crippen molar-refractivity contribution < 1.29 is 4.74 Å².